The zero-order valence-electron chi connectivity index (χ0n) is 17.1. The van der Waals surface area contributed by atoms with Crippen molar-refractivity contribution >= 4 is 17.7 Å². The normalized spacial score (nSPS) is 21.5. The summed E-state index contributed by atoms with van der Waals surface area (Å²) >= 11 is 0. The molecule has 0 aromatic carbocycles. The van der Waals surface area contributed by atoms with Crippen molar-refractivity contribution in [3.05, 3.63) is 53.5 Å². The molecule has 0 aliphatic carbocycles. The van der Waals surface area contributed by atoms with Crippen molar-refractivity contribution < 1.29 is 27.6 Å². The highest BCUT2D eigenvalue weighted by Gasteiger charge is 2.28. The van der Waals surface area contributed by atoms with Crippen LogP contribution in [0.3, 0.4) is 0 Å². The minimum Gasteiger partial charge on any atom is -0.446 e. The molecule has 0 fully saturated rings. The lowest BCUT2D eigenvalue weighted by atomic mass is 10.2. The minimum absolute atomic E-state index is 0.00985. The third-order valence-corrected chi connectivity index (χ3v) is 4.78. The summed E-state index contributed by atoms with van der Waals surface area (Å²) in [5.41, 5.74) is 17.0. The van der Waals surface area contributed by atoms with Crippen LogP contribution in [0.2, 0.25) is 0 Å². The van der Waals surface area contributed by atoms with E-state index >= 15 is 0 Å². The van der Waals surface area contributed by atoms with Crippen molar-refractivity contribution in [2.75, 3.05) is 19.6 Å². The van der Waals surface area contributed by atoms with Gasteiger partial charge in [-0.15, -0.1) is 0 Å². The number of amides is 3. The molecule has 3 amide bonds. The lowest BCUT2D eigenvalue weighted by Crippen LogP contribution is -2.36. The van der Waals surface area contributed by atoms with Crippen LogP contribution in [-0.4, -0.2) is 52.3 Å². The molecule has 15 nitrogen and oxygen atoms in total. The Labute approximate surface area is 185 Å². The smallest absolute Gasteiger partial charge is 0.273 e. The lowest BCUT2D eigenvalue weighted by molar-refractivity contribution is 0.0921. The number of hydrogen-bond acceptors (Lipinski definition) is 12. The van der Waals surface area contributed by atoms with Crippen LogP contribution in [0.25, 0.3) is 0 Å². The second kappa shape index (κ2) is 9.19. The van der Waals surface area contributed by atoms with Crippen molar-refractivity contribution in [1.82, 2.24) is 30.9 Å². The molecule has 9 N–H and O–H groups in total. The highest BCUT2D eigenvalue weighted by atomic mass is 16.4. The summed E-state index contributed by atoms with van der Waals surface area (Å²) in [5.74, 6) is -1.89. The number of carbonyl (C=O) groups is 3. The molecule has 4 rings (SSSR count). The molecule has 1 aliphatic rings. The van der Waals surface area contributed by atoms with Crippen molar-refractivity contribution in [2.24, 2.45) is 17.2 Å². The molecule has 6 bridgehead atoms. The molecule has 174 valence electrons. The summed E-state index contributed by atoms with van der Waals surface area (Å²) in [7, 11) is 0. The molecule has 3 atom stereocenters. The average molecular weight is 459 g/mol. The molecule has 3 aromatic rings. The van der Waals surface area contributed by atoms with Crippen LogP contribution in [-0.2, 0) is 0 Å². The van der Waals surface area contributed by atoms with Crippen molar-refractivity contribution in [3.63, 3.8) is 0 Å². The third kappa shape index (κ3) is 4.45. The van der Waals surface area contributed by atoms with Gasteiger partial charge in [-0.1, -0.05) is 0 Å². The van der Waals surface area contributed by atoms with Gasteiger partial charge < -0.3 is 46.4 Å². The molecule has 0 unspecified atom stereocenters. The quantitative estimate of drug-likeness (QED) is 0.255. The summed E-state index contributed by atoms with van der Waals surface area (Å²) in [6.07, 6.45) is 3.32. The Morgan fingerprint density at radius 1 is 0.606 bits per heavy atom. The SMILES string of the molecule is NC[C@@H]1NC(=O)c2coc(n2)[C@H](CN)NC(=O)c2coc(n2)[C@H](CN)NC(=O)c2coc1n2. The van der Waals surface area contributed by atoms with Gasteiger partial charge in [0, 0.05) is 19.6 Å². The predicted molar refractivity (Wildman–Crippen MR) is 107 cm³/mol. The van der Waals surface area contributed by atoms with Crippen LogP contribution in [0, 0.1) is 0 Å². The Morgan fingerprint density at radius 3 is 1.12 bits per heavy atom. The van der Waals surface area contributed by atoms with Gasteiger partial charge in [0.15, 0.2) is 17.1 Å². The second-order valence-electron chi connectivity index (χ2n) is 7.00. The van der Waals surface area contributed by atoms with Crippen LogP contribution < -0.4 is 33.2 Å². The molecular weight excluding hydrogens is 438 g/mol. The largest absolute Gasteiger partial charge is 0.446 e. The van der Waals surface area contributed by atoms with E-state index < -0.39 is 35.8 Å². The van der Waals surface area contributed by atoms with Crippen LogP contribution >= 0.6 is 0 Å². The Bertz CT molecular complexity index is 1020. The summed E-state index contributed by atoms with van der Waals surface area (Å²) in [6.45, 7) is -0.238. The fourth-order valence-electron chi connectivity index (χ4n) is 3.02. The van der Waals surface area contributed by atoms with Crippen molar-refractivity contribution in [3.8, 4) is 0 Å². The fourth-order valence-corrected chi connectivity index (χ4v) is 3.02. The first-order valence-electron chi connectivity index (χ1n) is 9.82. The van der Waals surface area contributed by atoms with Crippen LogP contribution in [0.1, 0.15) is 67.3 Å². The molecule has 1 aliphatic heterocycles. The van der Waals surface area contributed by atoms with Gasteiger partial charge in [-0.05, 0) is 0 Å². The molecule has 33 heavy (non-hydrogen) atoms. The van der Waals surface area contributed by atoms with Gasteiger partial charge in [0.05, 0.1) is 0 Å². The van der Waals surface area contributed by atoms with E-state index in [1.807, 2.05) is 0 Å². The van der Waals surface area contributed by atoms with Crippen LogP contribution in [0.5, 0.6) is 0 Å². The maximum atomic E-state index is 12.6. The number of nitrogens with two attached hydrogens (primary N) is 3. The van der Waals surface area contributed by atoms with Crippen LogP contribution in [0.4, 0.5) is 0 Å². The van der Waals surface area contributed by atoms with E-state index in [0.717, 1.165) is 18.8 Å². The topological polar surface area (TPSA) is 243 Å². The van der Waals surface area contributed by atoms with Crippen molar-refractivity contribution in [2.45, 2.75) is 18.1 Å². The molecule has 0 saturated carbocycles. The number of aromatic nitrogens is 3. The Balaban J connectivity index is 1.73. The van der Waals surface area contributed by atoms with Gasteiger partial charge in [0.25, 0.3) is 17.7 Å². The molecule has 15 heteroatoms. The molecule has 4 heterocycles. The zero-order valence-corrected chi connectivity index (χ0v) is 17.1. The molecular formula is C18H21N9O6. The van der Waals surface area contributed by atoms with Gasteiger partial charge in [-0.3, -0.25) is 14.4 Å². The summed E-state index contributed by atoms with van der Waals surface area (Å²) in [6, 6.07) is -2.58. The molecule has 0 saturated heterocycles. The maximum Gasteiger partial charge on any atom is 0.273 e. The first-order chi connectivity index (χ1) is 15.9. The molecule has 0 radical (unpaired) electrons. The monoisotopic (exact) mass is 459 g/mol. The zero-order chi connectivity index (χ0) is 23.5. The van der Waals surface area contributed by atoms with Gasteiger partial charge in [-0.2, -0.15) is 0 Å². The minimum atomic E-state index is -0.859. The summed E-state index contributed by atoms with van der Waals surface area (Å²) < 4.78 is 16.0. The predicted octanol–water partition coefficient (Wildman–Crippen LogP) is -1.75. The lowest BCUT2D eigenvalue weighted by Gasteiger charge is -2.13. The van der Waals surface area contributed by atoms with Crippen molar-refractivity contribution in [1.29, 1.82) is 0 Å². The van der Waals surface area contributed by atoms with Gasteiger partial charge >= 0.3 is 0 Å². The number of hydrogen-bond donors (Lipinski definition) is 6. The number of nitrogens with one attached hydrogen (secondary N) is 3. The highest BCUT2D eigenvalue weighted by molar-refractivity contribution is 5.94. The van der Waals surface area contributed by atoms with Gasteiger partial charge in [0.1, 0.15) is 36.9 Å². The van der Waals surface area contributed by atoms with Gasteiger partial charge in [0.2, 0.25) is 17.7 Å². The number of fused-ring (bicyclic) bond motifs is 6. The van der Waals surface area contributed by atoms with E-state index in [1.165, 1.54) is 0 Å². The van der Waals surface area contributed by atoms with E-state index in [2.05, 4.69) is 30.9 Å². The Morgan fingerprint density at radius 2 is 0.879 bits per heavy atom. The van der Waals surface area contributed by atoms with E-state index in [1.54, 1.807) is 0 Å². The molecule has 3 aromatic heterocycles. The van der Waals surface area contributed by atoms with E-state index in [4.69, 9.17) is 30.5 Å². The standard InChI is InChI=1S/C18H21N9O6/c19-1-7-16-25-11(4-31-16)14(29)23-9(3-21)18-27-12(6-33-18)15(30)24-8(2-20)17-26-10(5-32-17)13(28)22-7/h4-9H,1-3,19-21H2,(H,22,28)(H,23,29)(H,24,30)/t7-,8-,9-/m0/s1. The van der Waals surface area contributed by atoms with Crippen LogP contribution in [0.15, 0.2) is 32.0 Å². The second-order valence-corrected chi connectivity index (χ2v) is 7.00. The number of rotatable bonds is 3. The fraction of sp³-hybridized carbons (Fsp3) is 0.333. The number of carbonyl (C=O) groups excluding carboxylic acids is 3. The average Bonchev–Trinajstić information content (AvgIpc) is 3.58. The summed E-state index contributed by atoms with van der Waals surface area (Å²) in [4.78, 5) is 50.1. The van der Waals surface area contributed by atoms with E-state index in [-0.39, 0.29) is 54.4 Å². The first-order valence-corrected chi connectivity index (χ1v) is 9.82. The van der Waals surface area contributed by atoms with E-state index in [0.29, 0.717) is 0 Å². The van der Waals surface area contributed by atoms with E-state index in [9.17, 15) is 14.4 Å². The third-order valence-electron chi connectivity index (χ3n) is 4.78. The first kappa shape index (κ1) is 22.1. The maximum absolute atomic E-state index is 12.6. The Kier molecular flexibility index (Phi) is 6.16. The number of nitrogens with zero attached hydrogens (tertiary/aromatic N) is 3. The van der Waals surface area contributed by atoms with Gasteiger partial charge in [-0.25, -0.2) is 15.0 Å². The Hall–Kier alpha value is -4.08. The number of oxazole rings is 3. The summed E-state index contributed by atoms with van der Waals surface area (Å²) in [5, 5.41) is 7.80. The molecule has 0 spiro atoms. The highest BCUT2D eigenvalue weighted by Crippen LogP contribution is 2.18.